The van der Waals surface area contributed by atoms with Crippen LogP contribution in [-0.4, -0.2) is 10.1 Å². The van der Waals surface area contributed by atoms with E-state index in [9.17, 15) is 5.11 Å². The van der Waals surface area contributed by atoms with Crippen LogP contribution in [0.2, 0.25) is 5.02 Å². The predicted octanol–water partition coefficient (Wildman–Crippen LogP) is 4.37. The summed E-state index contributed by atoms with van der Waals surface area (Å²) in [5, 5.41) is 12.2. The normalized spacial score (nSPS) is 14.1. The molecule has 0 aliphatic carbocycles. The predicted molar refractivity (Wildman–Crippen MR) is 84.3 cm³/mol. The van der Waals surface area contributed by atoms with Crippen molar-refractivity contribution in [2.45, 2.75) is 5.60 Å². The minimum Gasteiger partial charge on any atom is -0.374 e. The molecule has 1 unspecified atom stereocenters. The summed E-state index contributed by atoms with van der Waals surface area (Å²) in [5.41, 5.74) is 0.284. The van der Waals surface area contributed by atoms with Gasteiger partial charge in [-0.1, -0.05) is 42.4 Å². The molecule has 1 heterocycles. The standard InChI is InChI=1S/C16H12ClNOS/c1-2-16(19,11-7-9-12(17)10-8-11)15-18-13-5-3-4-6-14(13)20-15/h2-10,19H,1H2. The van der Waals surface area contributed by atoms with Crippen LogP contribution in [0.5, 0.6) is 0 Å². The number of nitrogens with zero attached hydrogens (tertiary/aromatic N) is 1. The Hall–Kier alpha value is -1.68. The molecule has 1 atom stereocenters. The Balaban J connectivity index is 2.16. The zero-order valence-electron chi connectivity index (χ0n) is 10.6. The van der Waals surface area contributed by atoms with Crippen molar-refractivity contribution in [2.75, 3.05) is 0 Å². The van der Waals surface area contributed by atoms with Gasteiger partial charge in [0.25, 0.3) is 0 Å². The highest BCUT2D eigenvalue weighted by atomic mass is 35.5. The fraction of sp³-hybridized carbons (Fsp3) is 0.0625. The molecule has 0 radical (unpaired) electrons. The van der Waals surface area contributed by atoms with Gasteiger partial charge in [-0.3, -0.25) is 0 Å². The Bertz CT molecular complexity index is 733. The topological polar surface area (TPSA) is 33.1 Å². The summed E-state index contributed by atoms with van der Waals surface area (Å²) >= 11 is 7.36. The number of para-hydroxylation sites is 1. The quantitative estimate of drug-likeness (QED) is 0.729. The molecule has 1 N–H and O–H groups in total. The third-order valence-corrected chi connectivity index (χ3v) is 4.61. The van der Waals surface area contributed by atoms with Crippen molar-refractivity contribution in [1.29, 1.82) is 0 Å². The van der Waals surface area contributed by atoms with Gasteiger partial charge in [0.15, 0.2) is 5.60 Å². The van der Waals surface area contributed by atoms with E-state index in [-0.39, 0.29) is 0 Å². The van der Waals surface area contributed by atoms with E-state index in [0.29, 0.717) is 15.6 Å². The van der Waals surface area contributed by atoms with Crippen molar-refractivity contribution in [3.8, 4) is 0 Å². The first-order chi connectivity index (χ1) is 9.63. The summed E-state index contributed by atoms with van der Waals surface area (Å²) in [6, 6.07) is 14.9. The molecule has 2 aromatic carbocycles. The maximum absolute atomic E-state index is 10.9. The lowest BCUT2D eigenvalue weighted by molar-refractivity contribution is 0.135. The highest BCUT2D eigenvalue weighted by Gasteiger charge is 2.31. The molecule has 1 aromatic heterocycles. The second kappa shape index (κ2) is 5.02. The summed E-state index contributed by atoms with van der Waals surface area (Å²) in [6.07, 6.45) is 1.51. The van der Waals surface area contributed by atoms with Gasteiger partial charge in [-0.05, 0) is 35.9 Å². The number of fused-ring (bicyclic) bond motifs is 1. The average Bonchev–Trinajstić information content (AvgIpc) is 2.91. The van der Waals surface area contributed by atoms with Crippen molar-refractivity contribution in [3.05, 3.63) is 76.8 Å². The largest absolute Gasteiger partial charge is 0.374 e. The van der Waals surface area contributed by atoms with E-state index in [0.717, 1.165) is 10.2 Å². The fourth-order valence-corrected chi connectivity index (χ4v) is 3.27. The fourth-order valence-electron chi connectivity index (χ4n) is 2.07. The molecule has 0 bridgehead atoms. The van der Waals surface area contributed by atoms with Crippen molar-refractivity contribution in [2.24, 2.45) is 0 Å². The van der Waals surface area contributed by atoms with E-state index < -0.39 is 5.60 Å². The van der Waals surface area contributed by atoms with Crippen LogP contribution in [0.1, 0.15) is 10.6 Å². The molecule has 0 fully saturated rings. The Labute approximate surface area is 126 Å². The first-order valence-electron chi connectivity index (χ1n) is 6.11. The molecule has 4 heteroatoms. The number of rotatable bonds is 3. The monoisotopic (exact) mass is 301 g/mol. The average molecular weight is 302 g/mol. The Morgan fingerprint density at radius 2 is 1.85 bits per heavy atom. The molecule has 20 heavy (non-hydrogen) atoms. The lowest BCUT2D eigenvalue weighted by Gasteiger charge is -2.22. The van der Waals surface area contributed by atoms with Crippen LogP contribution in [0.25, 0.3) is 10.2 Å². The first kappa shape index (κ1) is 13.3. The second-order valence-corrected chi connectivity index (χ2v) is 5.93. The lowest BCUT2D eigenvalue weighted by Crippen LogP contribution is -2.23. The van der Waals surface area contributed by atoms with Gasteiger partial charge in [0.2, 0.25) is 0 Å². The van der Waals surface area contributed by atoms with Gasteiger partial charge < -0.3 is 5.11 Å². The van der Waals surface area contributed by atoms with Crippen LogP contribution in [-0.2, 0) is 5.60 Å². The van der Waals surface area contributed by atoms with Gasteiger partial charge in [-0.2, -0.15) is 0 Å². The zero-order valence-corrected chi connectivity index (χ0v) is 12.2. The molecule has 0 aliphatic rings. The zero-order chi connectivity index (χ0) is 14.2. The van der Waals surface area contributed by atoms with Gasteiger partial charge >= 0.3 is 0 Å². The van der Waals surface area contributed by atoms with E-state index in [2.05, 4.69) is 11.6 Å². The maximum Gasteiger partial charge on any atom is 0.159 e. The third-order valence-electron chi connectivity index (χ3n) is 3.20. The number of aromatic nitrogens is 1. The van der Waals surface area contributed by atoms with Gasteiger partial charge in [0.05, 0.1) is 10.2 Å². The van der Waals surface area contributed by atoms with Crippen molar-refractivity contribution in [1.82, 2.24) is 4.98 Å². The number of halogens is 1. The lowest BCUT2D eigenvalue weighted by atomic mass is 9.95. The smallest absolute Gasteiger partial charge is 0.159 e. The first-order valence-corrected chi connectivity index (χ1v) is 7.31. The van der Waals surface area contributed by atoms with E-state index in [4.69, 9.17) is 11.6 Å². The number of hydrogen-bond acceptors (Lipinski definition) is 3. The molecular weight excluding hydrogens is 290 g/mol. The van der Waals surface area contributed by atoms with Gasteiger partial charge in [0.1, 0.15) is 5.01 Å². The second-order valence-electron chi connectivity index (χ2n) is 4.46. The van der Waals surface area contributed by atoms with Crippen LogP contribution in [0.15, 0.2) is 61.2 Å². The third kappa shape index (κ3) is 2.14. The highest BCUT2D eigenvalue weighted by molar-refractivity contribution is 7.18. The molecule has 3 rings (SSSR count). The Morgan fingerprint density at radius 1 is 1.15 bits per heavy atom. The summed E-state index contributed by atoms with van der Waals surface area (Å²) in [6.45, 7) is 3.76. The van der Waals surface area contributed by atoms with Crippen LogP contribution >= 0.6 is 22.9 Å². The summed E-state index contributed by atoms with van der Waals surface area (Å²) in [7, 11) is 0. The number of benzene rings is 2. The SMILES string of the molecule is C=CC(O)(c1ccc(Cl)cc1)c1nc2ccccc2s1. The van der Waals surface area contributed by atoms with E-state index in [1.165, 1.54) is 17.4 Å². The molecule has 0 amide bonds. The summed E-state index contributed by atoms with van der Waals surface area (Å²) in [5.74, 6) is 0. The van der Waals surface area contributed by atoms with Crippen LogP contribution < -0.4 is 0 Å². The Morgan fingerprint density at radius 3 is 2.50 bits per heavy atom. The molecule has 100 valence electrons. The van der Waals surface area contributed by atoms with Crippen molar-refractivity contribution < 1.29 is 5.11 Å². The number of aliphatic hydroxyl groups is 1. The van der Waals surface area contributed by atoms with Crippen LogP contribution in [0, 0.1) is 0 Å². The number of thiazole rings is 1. The van der Waals surface area contributed by atoms with Crippen molar-refractivity contribution in [3.63, 3.8) is 0 Å². The van der Waals surface area contributed by atoms with E-state index >= 15 is 0 Å². The van der Waals surface area contributed by atoms with Crippen LogP contribution in [0.3, 0.4) is 0 Å². The van der Waals surface area contributed by atoms with Crippen molar-refractivity contribution >= 4 is 33.2 Å². The molecule has 0 saturated carbocycles. The van der Waals surface area contributed by atoms with Crippen LogP contribution in [0.4, 0.5) is 0 Å². The molecule has 0 saturated heterocycles. The molecular formula is C16H12ClNOS. The highest BCUT2D eigenvalue weighted by Crippen LogP contribution is 2.36. The van der Waals surface area contributed by atoms with E-state index in [1.807, 2.05) is 24.3 Å². The minimum absolute atomic E-state index is 0.607. The van der Waals surface area contributed by atoms with Gasteiger partial charge in [-0.25, -0.2) is 4.98 Å². The minimum atomic E-state index is -1.30. The number of hydrogen-bond donors (Lipinski definition) is 1. The summed E-state index contributed by atoms with van der Waals surface area (Å²) in [4.78, 5) is 4.52. The molecule has 0 aliphatic heterocycles. The van der Waals surface area contributed by atoms with Gasteiger partial charge in [-0.15, -0.1) is 11.3 Å². The summed E-state index contributed by atoms with van der Waals surface area (Å²) < 4.78 is 1.04. The van der Waals surface area contributed by atoms with E-state index in [1.54, 1.807) is 24.3 Å². The molecule has 2 nitrogen and oxygen atoms in total. The molecule has 0 spiro atoms. The maximum atomic E-state index is 10.9. The van der Waals surface area contributed by atoms with Gasteiger partial charge in [0, 0.05) is 5.02 Å². The molecule has 3 aromatic rings. The Kier molecular flexibility index (Phi) is 3.34.